The monoisotopic (exact) mass is 298 g/mol. The van der Waals surface area contributed by atoms with E-state index in [1.165, 1.54) is 5.56 Å². The zero-order chi connectivity index (χ0) is 14.0. The normalized spacial score (nSPS) is 25.4. The molecular formula is C15H23ClN2S. The number of thioether (sulfide) groups is 1. The molecule has 1 heterocycles. The van der Waals surface area contributed by atoms with Crippen LogP contribution in [0.4, 0.5) is 5.69 Å². The van der Waals surface area contributed by atoms with Gasteiger partial charge in [0.1, 0.15) is 0 Å². The van der Waals surface area contributed by atoms with E-state index in [0.29, 0.717) is 10.5 Å². The van der Waals surface area contributed by atoms with Crippen LogP contribution in [0.2, 0.25) is 5.02 Å². The molecule has 19 heavy (non-hydrogen) atoms. The first-order valence-corrected chi connectivity index (χ1v) is 8.22. The molecule has 1 fully saturated rings. The van der Waals surface area contributed by atoms with Gasteiger partial charge in [-0.25, -0.2) is 0 Å². The van der Waals surface area contributed by atoms with Gasteiger partial charge in [0.05, 0.1) is 10.7 Å². The minimum absolute atomic E-state index is 0.174. The second-order valence-electron chi connectivity index (χ2n) is 5.63. The minimum Gasteiger partial charge on any atom is -0.368 e. The van der Waals surface area contributed by atoms with Gasteiger partial charge in [-0.15, -0.1) is 0 Å². The van der Waals surface area contributed by atoms with Crippen LogP contribution < -0.4 is 10.6 Å². The SMILES string of the molecule is CC(N)Cc1ccc(N2CC(C)SC(C)C2)c(Cl)c1. The van der Waals surface area contributed by atoms with Crippen molar-refractivity contribution in [1.29, 1.82) is 0 Å². The topological polar surface area (TPSA) is 29.3 Å². The summed E-state index contributed by atoms with van der Waals surface area (Å²) in [6, 6.07) is 6.54. The fraction of sp³-hybridized carbons (Fsp3) is 0.600. The largest absolute Gasteiger partial charge is 0.368 e. The molecule has 3 unspecified atom stereocenters. The van der Waals surface area contributed by atoms with Crippen LogP contribution in [-0.4, -0.2) is 29.6 Å². The quantitative estimate of drug-likeness (QED) is 0.925. The van der Waals surface area contributed by atoms with Crippen molar-refractivity contribution in [2.75, 3.05) is 18.0 Å². The van der Waals surface area contributed by atoms with Crippen molar-refractivity contribution in [1.82, 2.24) is 0 Å². The lowest BCUT2D eigenvalue weighted by Crippen LogP contribution is -2.40. The Morgan fingerprint density at radius 2 is 2.00 bits per heavy atom. The number of nitrogens with two attached hydrogens (primary N) is 1. The van der Waals surface area contributed by atoms with Crippen LogP contribution in [0.25, 0.3) is 0 Å². The van der Waals surface area contributed by atoms with Crippen LogP contribution in [0.15, 0.2) is 18.2 Å². The number of hydrogen-bond acceptors (Lipinski definition) is 3. The number of rotatable bonds is 3. The Morgan fingerprint density at radius 3 is 2.53 bits per heavy atom. The number of hydrogen-bond donors (Lipinski definition) is 1. The third kappa shape index (κ3) is 4.04. The summed E-state index contributed by atoms with van der Waals surface area (Å²) in [4.78, 5) is 2.41. The molecule has 1 aromatic rings. The van der Waals surface area contributed by atoms with Gasteiger partial charge in [0.2, 0.25) is 0 Å². The molecule has 0 radical (unpaired) electrons. The zero-order valence-electron chi connectivity index (χ0n) is 11.9. The fourth-order valence-corrected chi connectivity index (χ4v) is 4.33. The maximum absolute atomic E-state index is 6.45. The van der Waals surface area contributed by atoms with E-state index in [-0.39, 0.29) is 6.04 Å². The van der Waals surface area contributed by atoms with E-state index >= 15 is 0 Å². The molecule has 2 nitrogen and oxygen atoms in total. The summed E-state index contributed by atoms with van der Waals surface area (Å²) in [5, 5.41) is 2.16. The molecule has 4 heteroatoms. The van der Waals surface area contributed by atoms with E-state index in [1.54, 1.807) is 0 Å². The van der Waals surface area contributed by atoms with E-state index in [1.807, 2.05) is 6.92 Å². The summed E-state index contributed by atoms with van der Waals surface area (Å²) in [5.74, 6) is 0. The molecule has 0 saturated carbocycles. The van der Waals surface area contributed by atoms with Crippen LogP contribution in [0.3, 0.4) is 0 Å². The van der Waals surface area contributed by atoms with Gasteiger partial charge in [0.15, 0.2) is 0 Å². The Bertz CT molecular complexity index is 426. The standard InChI is InChI=1S/C15H23ClN2S/c1-10(17)6-13-4-5-15(14(16)7-13)18-8-11(2)19-12(3)9-18/h4-5,7,10-12H,6,8-9,17H2,1-3H3. The molecule has 3 atom stereocenters. The Balaban J connectivity index is 2.16. The van der Waals surface area contributed by atoms with Gasteiger partial charge in [-0.05, 0) is 31.0 Å². The third-order valence-corrected chi connectivity index (χ3v) is 4.86. The highest BCUT2D eigenvalue weighted by molar-refractivity contribution is 8.00. The highest BCUT2D eigenvalue weighted by atomic mass is 35.5. The molecule has 0 amide bonds. The molecule has 0 aliphatic carbocycles. The number of halogens is 1. The Labute approximate surface area is 125 Å². The van der Waals surface area contributed by atoms with Gasteiger partial charge >= 0.3 is 0 Å². The smallest absolute Gasteiger partial charge is 0.0642 e. The van der Waals surface area contributed by atoms with Gasteiger partial charge in [-0.2, -0.15) is 11.8 Å². The number of anilines is 1. The molecule has 2 rings (SSSR count). The molecule has 1 saturated heterocycles. The second-order valence-corrected chi connectivity index (χ2v) is 7.92. The molecule has 0 bridgehead atoms. The molecule has 1 aliphatic rings. The lowest BCUT2D eigenvalue weighted by molar-refractivity contribution is 0.725. The predicted molar refractivity (Wildman–Crippen MR) is 87.5 cm³/mol. The summed E-state index contributed by atoms with van der Waals surface area (Å²) >= 11 is 8.51. The van der Waals surface area contributed by atoms with Gasteiger partial charge in [-0.3, -0.25) is 0 Å². The predicted octanol–water partition coefficient (Wildman–Crippen LogP) is 3.56. The van der Waals surface area contributed by atoms with Crippen LogP contribution in [-0.2, 0) is 6.42 Å². The van der Waals surface area contributed by atoms with Gasteiger partial charge in [0.25, 0.3) is 0 Å². The summed E-state index contributed by atoms with van der Waals surface area (Å²) in [6.07, 6.45) is 0.878. The third-order valence-electron chi connectivity index (χ3n) is 3.33. The lowest BCUT2D eigenvalue weighted by Gasteiger charge is -2.36. The fourth-order valence-electron chi connectivity index (χ4n) is 2.68. The van der Waals surface area contributed by atoms with Crippen LogP contribution in [0.1, 0.15) is 26.3 Å². The average Bonchev–Trinajstić information content (AvgIpc) is 2.26. The first kappa shape index (κ1) is 15.0. The van der Waals surface area contributed by atoms with Crippen molar-refractivity contribution >= 4 is 29.1 Å². The Kier molecular flexibility index (Phi) is 5.04. The summed E-state index contributed by atoms with van der Waals surface area (Å²) in [6.45, 7) is 8.73. The molecule has 2 N–H and O–H groups in total. The molecule has 0 spiro atoms. The molecule has 0 aromatic heterocycles. The summed E-state index contributed by atoms with van der Waals surface area (Å²) < 4.78 is 0. The van der Waals surface area contributed by atoms with E-state index in [0.717, 1.165) is 30.2 Å². The maximum Gasteiger partial charge on any atom is 0.0642 e. The Morgan fingerprint density at radius 1 is 1.37 bits per heavy atom. The Hall–Kier alpha value is -0.380. The van der Waals surface area contributed by atoms with E-state index < -0.39 is 0 Å². The van der Waals surface area contributed by atoms with E-state index in [2.05, 4.69) is 48.7 Å². The van der Waals surface area contributed by atoms with Crippen molar-refractivity contribution in [3.05, 3.63) is 28.8 Å². The molecule has 1 aliphatic heterocycles. The lowest BCUT2D eigenvalue weighted by atomic mass is 10.1. The molecular weight excluding hydrogens is 276 g/mol. The summed E-state index contributed by atoms with van der Waals surface area (Å²) in [5.41, 5.74) is 8.22. The van der Waals surface area contributed by atoms with Gasteiger partial charge in [0, 0.05) is 29.6 Å². The van der Waals surface area contributed by atoms with Crippen molar-refractivity contribution in [3.8, 4) is 0 Å². The molecule has 1 aromatic carbocycles. The first-order chi connectivity index (χ1) is 8.95. The van der Waals surface area contributed by atoms with Crippen molar-refractivity contribution in [3.63, 3.8) is 0 Å². The highest BCUT2D eigenvalue weighted by Gasteiger charge is 2.23. The van der Waals surface area contributed by atoms with Gasteiger partial charge in [-0.1, -0.05) is 31.5 Å². The average molecular weight is 299 g/mol. The number of benzene rings is 1. The van der Waals surface area contributed by atoms with Crippen molar-refractivity contribution < 1.29 is 0 Å². The van der Waals surface area contributed by atoms with E-state index in [4.69, 9.17) is 17.3 Å². The van der Waals surface area contributed by atoms with Crippen molar-refractivity contribution in [2.45, 2.75) is 43.7 Å². The maximum atomic E-state index is 6.45. The van der Waals surface area contributed by atoms with Crippen molar-refractivity contribution in [2.24, 2.45) is 5.73 Å². The minimum atomic E-state index is 0.174. The summed E-state index contributed by atoms with van der Waals surface area (Å²) in [7, 11) is 0. The van der Waals surface area contributed by atoms with E-state index in [9.17, 15) is 0 Å². The zero-order valence-corrected chi connectivity index (χ0v) is 13.5. The van der Waals surface area contributed by atoms with Crippen LogP contribution in [0.5, 0.6) is 0 Å². The first-order valence-electron chi connectivity index (χ1n) is 6.90. The van der Waals surface area contributed by atoms with Crippen LogP contribution in [0, 0.1) is 0 Å². The molecule has 106 valence electrons. The highest BCUT2D eigenvalue weighted by Crippen LogP contribution is 2.33. The second kappa shape index (κ2) is 6.38. The van der Waals surface area contributed by atoms with Crippen LogP contribution >= 0.6 is 23.4 Å². The van der Waals surface area contributed by atoms with Gasteiger partial charge < -0.3 is 10.6 Å². The number of nitrogens with zero attached hydrogens (tertiary/aromatic N) is 1.